The number of nitrogens with one attached hydrogen (secondary N) is 1. The summed E-state index contributed by atoms with van der Waals surface area (Å²) in [5.41, 5.74) is 3.02. The quantitative estimate of drug-likeness (QED) is 0.645. The summed E-state index contributed by atoms with van der Waals surface area (Å²) in [5.74, 6) is 0.353. The maximum Gasteiger partial charge on any atom is 0.241 e. The summed E-state index contributed by atoms with van der Waals surface area (Å²) in [4.78, 5) is 32.2. The van der Waals surface area contributed by atoms with Gasteiger partial charge >= 0.3 is 0 Å². The molecule has 1 N–H and O–H groups in total. The third kappa shape index (κ3) is 5.52. The Morgan fingerprint density at radius 2 is 1.92 bits per heavy atom. The summed E-state index contributed by atoms with van der Waals surface area (Å²) in [6.07, 6.45) is 1.12. The van der Waals surface area contributed by atoms with E-state index >= 15 is 0 Å². The van der Waals surface area contributed by atoms with Crippen molar-refractivity contribution in [3.05, 3.63) is 53.1 Å². The van der Waals surface area contributed by atoms with Crippen molar-refractivity contribution in [2.45, 2.75) is 58.0 Å². The lowest BCUT2D eigenvalue weighted by Crippen LogP contribution is -2.61. The van der Waals surface area contributed by atoms with Gasteiger partial charge in [0, 0.05) is 63.1 Å². The van der Waals surface area contributed by atoms with Crippen LogP contribution in [0.5, 0.6) is 0 Å². The van der Waals surface area contributed by atoms with E-state index in [-0.39, 0.29) is 35.1 Å². The second-order valence-electron chi connectivity index (χ2n) is 11.7. The molecule has 3 aliphatic rings. The van der Waals surface area contributed by atoms with Crippen molar-refractivity contribution < 1.29 is 14.0 Å². The molecule has 1 aromatic heterocycles. The minimum absolute atomic E-state index is 0.0350. The molecule has 1 aromatic carbocycles. The van der Waals surface area contributed by atoms with Gasteiger partial charge in [-0.3, -0.25) is 14.5 Å². The minimum atomic E-state index is -0.305. The number of piperazine rings is 1. The monoisotopic (exact) mass is 508 g/mol. The number of aromatic nitrogens is 2. The second kappa shape index (κ2) is 10.1. The van der Waals surface area contributed by atoms with E-state index in [9.17, 15) is 14.0 Å². The van der Waals surface area contributed by atoms with Crippen molar-refractivity contribution in [1.29, 1.82) is 0 Å². The number of likely N-dealkylation sites (tertiary alicyclic amines) is 1. The summed E-state index contributed by atoms with van der Waals surface area (Å²) in [6.45, 7) is 12.2. The minimum Gasteiger partial charge on any atom is -0.341 e. The van der Waals surface area contributed by atoms with Crippen LogP contribution in [-0.4, -0.2) is 83.2 Å². The maximum absolute atomic E-state index is 13.8. The zero-order valence-electron chi connectivity index (χ0n) is 22.2. The van der Waals surface area contributed by atoms with Crippen LogP contribution in [-0.2, 0) is 21.4 Å². The number of benzene rings is 1. The molecule has 2 amide bonds. The number of halogens is 1. The van der Waals surface area contributed by atoms with Gasteiger partial charge in [0.2, 0.25) is 11.8 Å². The Kier molecular flexibility index (Phi) is 7.02. The van der Waals surface area contributed by atoms with Crippen molar-refractivity contribution in [2.24, 2.45) is 5.92 Å². The summed E-state index contributed by atoms with van der Waals surface area (Å²) < 4.78 is 13.3. The predicted octanol–water partition coefficient (Wildman–Crippen LogP) is 2.36. The SMILES string of the molecule is C[C@@H]1CC(=O)N(C[C@H]2CN[C@H](C)CN2CC(=O)N2CC(C)(C)c3nnc(Cc4ccc(F)cc4)cc32)C1. The number of nitrogens with zero attached hydrogens (tertiary/aromatic N) is 5. The Morgan fingerprint density at radius 3 is 2.62 bits per heavy atom. The number of rotatable bonds is 6. The smallest absolute Gasteiger partial charge is 0.241 e. The third-order valence-electron chi connectivity index (χ3n) is 7.81. The Hall–Kier alpha value is -2.91. The first-order valence-corrected chi connectivity index (χ1v) is 13.3. The van der Waals surface area contributed by atoms with Gasteiger partial charge < -0.3 is 15.1 Å². The standard InChI is InChI=1S/C28H37FN6O2/c1-18-9-25(36)34(13-18)15-23-12-30-19(2)14-33(23)16-26(37)35-17-28(3,4)27-24(35)11-22(31-32-27)10-20-5-7-21(29)8-6-20/h5-8,11,18-19,23,30H,9-10,12-17H2,1-4H3/t18-,19-,23-/m1/s1. The number of anilines is 1. The van der Waals surface area contributed by atoms with Crippen LogP contribution in [0, 0.1) is 11.7 Å². The van der Waals surface area contributed by atoms with Gasteiger partial charge in [0.1, 0.15) is 5.82 Å². The lowest BCUT2D eigenvalue weighted by atomic mass is 9.91. The molecule has 2 aromatic rings. The molecule has 0 aliphatic carbocycles. The number of hydrogen-bond donors (Lipinski definition) is 1. The molecule has 0 spiro atoms. The summed E-state index contributed by atoms with van der Waals surface area (Å²) >= 11 is 0. The van der Waals surface area contributed by atoms with Crippen molar-refractivity contribution in [1.82, 2.24) is 25.3 Å². The van der Waals surface area contributed by atoms with E-state index in [4.69, 9.17) is 0 Å². The molecule has 37 heavy (non-hydrogen) atoms. The van der Waals surface area contributed by atoms with Gasteiger partial charge in [-0.15, -0.1) is 0 Å². The first kappa shape index (κ1) is 25.7. The van der Waals surface area contributed by atoms with Crippen LogP contribution in [0.25, 0.3) is 0 Å². The fourth-order valence-corrected chi connectivity index (χ4v) is 5.85. The van der Waals surface area contributed by atoms with Crippen LogP contribution >= 0.6 is 0 Å². The molecule has 5 rings (SSSR count). The normalized spacial score (nSPS) is 25.5. The highest BCUT2D eigenvalue weighted by Crippen LogP contribution is 2.39. The highest BCUT2D eigenvalue weighted by Gasteiger charge is 2.41. The molecule has 198 valence electrons. The van der Waals surface area contributed by atoms with Gasteiger partial charge in [-0.2, -0.15) is 10.2 Å². The van der Waals surface area contributed by atoms with Gasteiger partial charge in [-0.25, -0.2) is 4.39 Å². The van der Waals surface area contributed by atoms with E-state index in [2.05, 4.69) is 48.1 Å². The zero-order chi connectivity index (χ0) is 26.3. The highest BCUT2D eigenvalue weighted by molar-refractivity contribution is 5.97. The Bertz CT molecular complexity index is 1170. The van der Waals surface area contributed by atoms with Crippen LogP contribution in [0.1, 0.15) is 51.1 Å². The average Bonchev–Trinajstić information content (AvgIpc) is 3.30. The molecule has 8 nitrogen and oxygen atoms in total. The van der Waals surface area contributed by atoms with Gasteiger partial charge in [0.05, 0.1) is 23.6 Å². The number of fused-ring (bicyclic) bond motifs is 1. The van der Waals surface area contributed by atoms with Crippen LogP contribution in [0.15, 0.2) is 30.3 Å². The number of carbonyl (C=O) groups excluding carboxylic acids is 2. The van der Waals surface area contributed by atoms with Crippen LogP contribution in [0.3, 0.4) is 0 Å². The first-order valence-electron chi connectivity index (χ1n) is 13.3. The van der Waals surface area contributed by atoms with E-state index < -0.39 is 0 Å². The Balaban J connectivity index is 1.33. The molecule has 9 heteroatoms. The molecule has 4 heterocycles. The number of hydrogen-bond acceptors (Lipinski definition) is 6. The molecule has 0 unspecified atom stereocenters. The molecule has 3 atom stereocenters. The van der Waals surface area contributed by atoms with E-state index in [0.717, 1.165) is 42.3 Å². The second-order valence-corrected chi connectivity index (χ2v) is 11.7. The topological polar surface area (TPSA) is 81.7 Å². The fourth-order valence-electron chi connectivity index (χ4n) is 5.85. The van der Waals surface area contributed by atoms with Gasteiger partial charge in [0.25, 0.3) is 0 Å². The van der Waals surface area contributed by atoms with Gasteiger partial charge in [-0.1, -0.05) is 32.9 Å². The molecular formula is C28H37FN6O2. The number of carbonyl (C=O) groups is 2. The van der Waals surface area contributed by atoms with Crippen molar-refractivity contribution in [2.75, 3.05) is 44.2 Å². The van der Waals surface area contributed by atoms with Crippen LogP contribution < -0.4 is 10.2 Å². The lowest BCUT2D eigenvalue weighted by Gasteiger charge is -2.41. The highest BCUT2D eigenvalue weighted by atomic mass is 19.1. The van der Waals surface area contributed by atoms with Crippen molar-refractivity contribution >= 4 is 17.5 Å². The van der Waals surface area contributed by atoms with E-state index in [1.54, 1.807) is 12.1 Å². The fraction of sp³-hybridized carbons (Fsp3) is 0.571. The van der Waals surface area contributed by atoms with Crippen LogP contribution in [0.4, 0.5) is 10.1 Å². The predicted molar refractivity (Wildman–Crippen MR) is 140 cm³/mol. The number of amides is 2. The van der Waals surface area contributed by atoms with Gasteiger partial charge in [0.15, 0.2) is 0 Å². The van der Waals surface area contributed by atoms with Gasteiger partial charge in [-0.05, 0) is 36.6 Å². The molecule has 0 radical (unpaired) electrons. The van der Waals surface area contributed by atoms with E-state index in [0.29, 0.717) is 38.4 Å². The van der Waals surface area contributed by atoms with Crippen molar-refractivity contribution in [3.63, 3.8) is 0 Å². The summed E-state index contributed by atoms with van der Waals surface area (Å²) in [5, 5.41) is 12.5. The molecule has 2 fully saturated rings. The summed E-state index contributed by atoms with van der Waals surface area (Å²) in [6, 6.07) is 8.69. The Morgan fingerprint density at radius 1 is 1.16 bits per heavy atom. The first-order chi connectivity index (χ1) is 17.6. The molecule has 3 aliphatic heterocycles. The molecular weight excluding hydrogens is 471 g/mol. The van der Waals surface area contributed by atoms with Crippen molar-refractivity contribution in [3.8, 4) is 0 Å². The Labute approximate surface area is 218 Å². The molecule has 2 saturated heterocycles. The largest absolute Gasteiger partial charge is 0.341 e. The zero-order valence-corrected chi connectivity index (χ0v) is 22.2. The van der Waals surface area contributed by atoms with E-state index in [1.807, 2.05) is 15.9 Å². The summed E-state index contributed by atoms with van der Waals surface area (Å²) in [7, 11) is 0. The molecule has 0 bridgehead atoms. The lowest BCUT2D eigenvalue weighted by molar-refractivity contribution is -0.128. The van der Waals surface area contributed by atoms with Crippen LogP contribution in [0.2, 0.25) is 0 Å². The third-order valence-corrected chi connectivity index (χ3v) is 7.81. The van der Waals surface area contributed by atoms with E-state index in [1.165, 1.54) is 12.1 Å². The average molecular weight is 509 g/mol. The maximum atomic E-state index is 13.8. The molecule has 0 saturated carbocycles.